The lowest BCUT2D eigenvalue weighted by Crippen LogP contribution is -2.20. The van der Waals surface area contributed by atoms with Crippen LogP contribution in [-0.4, -0.2) is 37.3 Å². The molecule has 2 aromatic rings. The Morgan fingerprint density at radius 3 is 2.60 bits per heavy atom. The molecule has 9 heteroatoms. The summed E-state index contributed by atoms with van der Waals surface area (Å²) in [5, 5.41) is 3.24. The molecular formula is C21H21N3O5S. The topological polar surface area (TPSA) is 112 Å². The molecule has 0 aromatic heterocycles. The van der Waals surface area contributed by atoms with Gasteiger partial charge < -0.3 is 25.3 Å². The summed E-state index contributed by atoms with van der Waals surface area (Å²) in [6.07, 6.45) is 1.72. The van der Waals surface area contributed by atoms with Gasteiger partial charge in [-0.15, -0.1) is 0 Å². The van der Waals surface area contributed by atoms with Gasteiger partial charge in [0.25, 0.3) is 11.8 Å². The van der Waals surface area contributed by atoms with Crippen molar-refractivity contribution in [1.29, 1.82) is 0 Å². The zero-order chi connectivity index (χ0) is 21.5. The predicted octanol–water partition coefficient (Wildman–Crippen LogP) is 2.85. The highest BCUT2D eigenvalue weighted by atomic mass is 32.2. The molecule has 3 rings (SSSR count). The van der Waals surface area contributed by atoms with E-state index in [1.807, 2.05) is 31.2 Å². The van der Waals surface area contributed by atoms with Crippen LogP contribution in [0.4, 0.5) is 5.69 Å². The number of hydrogen-bond acceptors (Lipinski definition) is 7. The number of nitrogens with two attached hydrogens (primary N) is 1. The molecule has 1 saturated heterocycles. The second-order valence-electron chi connectivity index (χ2n) is 6.07. The van der Waals surface area contributed by atoms with E-state index in [0.717, 1.165) is 11.3 Å². The number of benzene rings is 2. The van der Waals surface area contributed by atoms with Gasteiger partial charge in [0, 0.05) is 0 Å². The molecule has 0 atom stereocenters. The maximum Gasteiger partial charge on any atom is 0.264 e. The summed E-state index contributed by atoms with van der Waals surface area (Å²) in [5.41, 5.74) is 6.54. The molecule has 2 amide bonds. The van der Waals surface area contributed by atoms with E-state index in [1.165, 1.54) is 18.9 Å². The minimum atomic E-state index is -0.582. The minimum Gasteiger partial charge on any atom is -0.494 e. The molecule has 8 nitrogen and oxygen atoms in total. The Kier molecular flexibility index (Phi) is 6.97. The summed E-state index contributed by atoms with van der Waals surface area (Å²) in [6, 6.07) is 12.4. The van der Waals surface area contributed by atoms with Gasteiger partial charge in [-0.1, -0.05) is 6.07 Å². The van der Waals surface area contributed by atoms with Crippen molar-refractivity contribution in [3.8, 4) is 17.2 Å². The second kappa shape index (κ2) is 9.84. The number of carbonyl (C=O) groups is 2. The zero-order valence-corrected chi connectivity index (χ0v) is 17.3. The zero-order valence-electron chi connectivity index (χ0n) is 16.5. The lowest BCUT2D eigenvalue weighted by Gasteiger charge is -2.10. The molecule has 1 aliphatic heterocycles. The first kappa shape index (κ1) is 21.3. The molecule has 1 fully saturated rings. The first-order valence-electron chi connectivity index (χ1n) is 9.10. The Labute approximate surface area is 178 Å². The summed E-state index contributed by atoms with van der Waals surface area (Å²) in [4.78, 5) is 28.2. The molecule has 2 aromatic carbocycles. The third-order valence-electron chi connectivity index (χ3n) is 3.88. The number of primary amides is 1. The molecular weight excluding hydrogens is 406 g/mol. The molecule has 1 heterocycles. The van der Waals surface area contributed by atoms with Crippen molar-refractivity contribution in [3.05, 3.63) is 52.9 Å². The van der Waals surface area contributed by atoms with Gasteiger partial charge in [-0.2, -0.15) is 0 Å². The number of methoxy groups -OCH3 is 1. The second-order valence-corrected chi connectivity index (χ2v) is 7.10. The number of ether oxygens (including phenoxy) is 3. The van der Waals surface area contributed by atoms with Crippen molar-refractivity contribution in [2.75, 3.05) is 20.3 Å². The van der Waals surface area contributed by atoms with E-state index in [9.17, 15) is 9.59 Å². The molecule has 156 valence electrons. The molecule has 0 aliphatic carbocycles. The maximum absolute atomic E-state index is 12.3. The van der Waals surface area contributed by atoms with Gasteiger partial charge in [-0.25, -0.2) is 4.99 Å². The lowest BCUT2D eigenvalue weighted by molar-refractivity contribution is -0.120. The number of nitrogens with one attached hydrogen (secondary N) is 1. The quantitative estimate of drug-likeness (QED) is 0.627. The van der Waals surface area contributed by atoms with Gasteiger partial charge in [0.2, 0.25) is 0 Å². The predicted molar refractivity (Wildman–Crippen MR) is 116 cm³/mol. The lowest BCUT2D eigenvalue weighted by atomic mass is 10.2. The highest BCUT2D eigenvalue weighted by Crippen LogP contribution is 2.32. The average Bonchev–Trinajstić information content (AvgIpc) is 3.07. The fourth-order valence-electron chi connectivity index (χ4n) is 2.57. The third kappa shape index (κ3) is 5.54. The summed E-state index contributed by atoms with van der Waals surface area (Å²) >= 11 is 1.24. The molecule has 3 N–H and O–H groups in total. The van der Waals surface area contributed by atoms with E-state index in [4.69, 9.17) is 19.9 Å². The van der Waals surface area contributed by atoms with Crippen LogP contribution in [0.1, 0.15) is 12.5 Å². The van der Waals surface area contributed by atoms with E-state index in [0.29, 0.717) is 33.9 Å². The number of amidine groups is 1. The standard InChI is InChI=1S/C21H21N3O5S/c1-3-28-15-7-5-14(6-8-15)23-21-24-20(26)18(30-21)11-13-4-9-16(17(10-13)27-2)29-12-19(22)25/h4-11H,3,12H2,1-2H3,(H2,22,25)(H,23,24,26)/b18-11+. The number of rotatable bonds is 8. The van der Waals surface area contributed by atoms with Gasteiger partial charge in [0.05, 0.1) is 24.3 Å². The number of carbonyl (C=O) groups excluding carboxylic acids is 2. The van der Waals surface area contributed by atoms with Crippen LogP contribution in [0.5, 0.6) is 17.2 Å². The van der Waals surface area contributed by atoms with Crippen LogP contribution in [0.25, 0.3) is 6.08 Å². The number of hydrogen-bond donors (Lipinski definition) is 2. The van der Waals surface area contributed by atoms with Gasteiger partial charge >= 0.3 is 0 Å². The Hall–Kier alpha value is -3.46. The van der Waals surface area contributed by atoms with Gasteiger partial charge in [0.1, 0.15) is 5.75 Å². The van der Waals surface area contributed by atoms with Crippen molar-refractivity contribution >= 4 is 40.5 Å². The SMILES string of the molecule is CCOc1ccc(N=C2NC(=O)/C(=C\c3ccc(OCC(N)=O)c(OC)c3)S2)cc1. The number of amides is 2. The van der Waals surface area contributed by atoms with Crippen LogP contribution in [0.15, 0.2) is 52.4 Å². The van der Waals surface area contributed by atoms with Gasteiger partial charge in [-0.3, -0.25) is 9.59 Å². The smallest absolute Gasteiger partial charge is 0.264 e. The van der Waals surface area contributed by atoms with E-state index < -0.39 is 5.91 Å². The van der Waals surface area contributed by atoms with Crippen LogP contribution in [0, 0.1) is 0 Å². The van der Waals surface area contributed by atoms with Crippen molar-refractivity contribution in [1.82, 2.24) is 5.32 Å². The number of aliphatic imine (C=N–C) groups is 1. The summed E-state index contributed by atoms with van der Waals surface area (Å²) < 4.78 is 16.0. The van der Waals surface area contributed by atoms with E-state index in [-0.39, 0.29) is 12.5 Å². The monoisotopic (exact) mass is 427 g/mol. The average molecular weight is 427 g/mol. The van der Waals surface area contributed by atoms with Crippen LogP contribution in [-0.2, 0) is 9.59 Å². The number of nitrogens with zero attached hydrogens (tertiary/aromatic N) is 1. The summed E-state index contributed by atoms with van der Waals surface area (Å²) in [5.74, 6) is 0.763. The van der Waals surface area contributed by atoms with Crippen molar-refractivity contribution in [2.45, 2.75) is 6.92 Å². The highest BCUT2D eigenvalue weighted by Gasteiger charge is 2.24. The van der Waals surface area contributed by atoms with Crippen molar-refractivity contribution < 1.29 is 23.8 Å². The highest BCUT2D eigenvalue weighted by molar-refractivity contribution is 8.18. The van der Waals surface area contributed by atoms with Crippen LogP contribution < -0.4 is 25.3 Å². The molecule has 0 spiro atoms. The largest absolute Gasteiger partial charge is 0.494 e. The normalized spacial score (nSPS) is 15.9. The Balaban J connectivity index is 1.74. The minimum absolute atomic E-state index is 0.238. The Morgan fingerprint density at radius 1 is 1.17 bits per heavy atom. The first-order valence-corrected chi connectivity index (χ1v) is 9.91. The van der Waals surface area contributed by atoms with Crippen LogP contribution >= 0.6 is 11.8 Å². The summed E-state index contributed by atoms with van der Waals surface area (Å²) in [6.45, 7) is 2.27. The Morgan fingerprint density at radius 2 is 1.93 bits per heavy atom. The van der Waals surface area contributed by atoms with Crippen molar-refractivity contribution in [3.63, 3.8) is 0 Å². The maximum atomic E-state index is 12.3. The molecule has 0 saturated carbocycles. The van der Waals surface area contributed by atoms with Crippen LogP contribution in [0.3, 0.4) is 0 Å². The molecule has 0 bridgehead atoms. The molecule has 1 aliphatic rings. The van der Waals surface area contributed by atoms with Crippen LogP contribution in [0.2, 0.25) is 0 Å². The fraction of sp³-hybridized carbons (Fsp3) is 0.190. The summed E-state index contributed by atoms with van der Waals surface area (Å²) in [7, 11) is 1.49. The fourth-order valence-corrected chi connectivity index (χ4v) is 3.42. The van der Waals surface area contributed by atoms with Gasteiger partial charge in [-0.05, 0) is 66.7 Å². The third-order valence-corrected chi connectivity index (χ3v) is 4.79. The molecule has 0 radical (unpaired) electrons. The first-order chi connectivity index (χ1) is 14.5. The van der Waals surface area contributed by atoms with E-state index in [2.05, 4.69) is 10.3 Å². The van der Waals surface area contributed by atoms with E-state index >= 15 is 0 Å². The Bertz CT molecular complexity index is 1000. The van der Waals surface area contributed by atoms with Crippen molar-refractivity contribution in [2.24, 2.45) is 10.7 Å². The van der Waals surface area contributed by atoms with E-state index in [1.54, 1.807) is 24.3 Å². The molecule has 0 unspecified atom stereocenters. The number of thioether (sulfide) groups is 1. The molecule has 30 heavy (non-hydrogen) atoms. The van der Waals surface area contributed by atoms with Gasteiger partial charge in [0.15, 0.2) is 23.3 Å².